The van der Waals surface area contributed by atoms with Crippen LogP contribution in [0.4, 0.5) is 19.3 Å². The zero-order valence-electron chi connectivity index (χ0n) is 12.4. The topological polar surface area (TPSA) is 70.5 Å². The molecule has 0 saturated heterocycles. The minimum Gasteiger partial charge on any atom is -0.464 e. The number of halogens is 2. The predicted octanol–water partition coefficient (Wildman–Crippen LogP) is 3.20. The van der Waals surface area contributed by atoms with Crippen molar-refractivity contribution >= 4 is 17.7 Å². The highest BCUT2D eigenvalue weighted by molar-refractivity contribution is 6.11. The molecule has 0 unspecified atom stereocenters. The van der Waals surface area contributed by atoms with Gasteiger partial charge in [0.2, 0.25) is 5.91 Å². The molecule has 1 heterocycles. The molecule has 24 heavy (non-hydrogen) atoms. The van der Waals surface area contributed by atoms with Crippen LogP contribution < -0.4 is 4.90 Å². The van der Waals surface area contributed by atoms with Crippen LogP contribution in [0, 0.1) is 23.5 Å². The second-order valence-electron chi connectivity index (χ2n) is 4.62. The molecule has 5 nitrogen and oxygen atoms in total. The molecular weight excluding hydrogens is 318 g/mol. The van der Waals surface area contributed by atoms with Gasteiger partial charge in [0.25, 0.3) is 0 Å². The fraction of sp³-hybridized carbons (Fsp3) is 0.118. The van der Waals surface area contributed by atoms with Crippen LogP contribution in [-0.4, -0.2) is 22.1 Å². The molecule has 2 rings (SSSR count). The van der Waals surface area contributed by atoms with Crippen LogP contribution in [0.5, 0.6) is 0 Å². The summed E-state index contributed by atoms with van der Waals surface area (Å²) in [5.74, 6) is 2.56. The Kier molecular flexibility index (Phi) is 5.58. The molecule has 0 aliphatic rings. The summed E-state index contributed by atoms with van der Waals surface area (Å²) in [7, 11) is 0. The summed E-state index contributed by atoms with van der Waals surface area (Å²) in [4.78, 5) is 27.5. The number of pyridine rings is 1. The van der Waals surface area contributed by atoms with Crippen molar-refractivity contribution in [2.75, 3.05) is 4.90 Å². The maximum absolute atomic E-state index is 13.7. The van der Waals surface area contributed by atoms with Gasteiger partial charge < -0.3 is 5.11 Å². The molecule has 0 spiro atoms. The maximum atomic E-state index is 13.7. The lowest BCUT2D eigenvalue weighted by Crippen LogP contribution is -2.36. The zero-order chi connectivity index (χ0) is 17.5. The lowest BCUT2D eigenvalue weighted by molar-refractivity contribution is -0.118. The van der Waals surface area contributed by atoms with E-state index in [0.717, 1.165) is 12.1 Å². The largest absolute Gasteiger partial charge is 0.464 e. The van der Waals surface area contributed by atoms with Gasteiger partial charge in [-0.3, -0.25) is 4.79 Å². The third-order valence-electron chi connectivity index (χ3n) is 2.94. The molecule has 0 aliphatic heterocycles. The van der Waals surface area contributed by atoms with E-state index in [1.54, 1.807) is 24.4 Å². The molecule has 0 atom stereocenters. The number of amides is 2. The summed E-state index contributed by atoms with van der Waals surface area (Å²) in [6.45, 7) is 0. The summed E-state index contributed by atoms with van der Waals surface area (Å²) < 4.78 is 26.6. The number of anilines is 1. The summed E-state index contributed by atoms with van der Waals surface area (Å²) in [6.07, 6.45) is -0.243. The zero-order valence-corrected chi connectivity index (χ0v) is 12.4. The smallest absolute Gasteiger partial charge is 0.418 e. The molecule has 7 heteroatoms. The number of aromatic nitrogens is 1. The van der Waals surface area contributed by atoms with Crippen molar-refractivity contribution in [2.24, 2.45) is 0 Å². The molecule has 0 fully saturated rings. The highest BCUT2D eigenvalue weighted by atomic mass is 19.1. The van der Waals surface area contributed by atoms with Crippen LogP contribution in [0.25, 0.3) is 0 Å². The van der Waals surface area contributed by atoms with Gasteiger partial charge >= 0.3 is 6.09 Å². The van der Waals surface area contributed by atoms with E-state index in [0.29, 0.717) is 11.8 Å². The van der Waals surface area contributed by atoms with E-state index >= 15 is 0 Å². The van der Waals surface area contributed by atoms with Crippen molar-refractivity contribution in [2.45, 2.75) is 12.8 Å². The number of hydrogen-bond acceptors (Lipinski definition) is 3. The first-order valence-corrected chi connectivity index (χ1v) is 6.90. The Labute approximate surface area is 136 Å². The van der Waals surface area contributed by atoms with E-state index in [1.165, 1.54) is 0 Å². The summed E-state index contributed by atoms with van der Waals surface area (Å²) in [5.41, 5.74) is -0.00351. The summed E-state index contributed by atoms with van der Waals surface area (Å²) >= 11 is 0. The normalized spacial score (nSPS) is 9.75. The second kappa shape index (κ2) is 7.83. The number of imide groups is 1. The van der Waals surface area contributed by atoms with Gasteiger partial charge in [0.15, 0.2) is 0 Å². The molecule has 1 aromatic carbocycles. The third kappa shape index (κ3) is 4.36. The van der Waals surface area contributed by atoms with Crippen LogP contribution >= 0.6 is 0 Å². The SMILES string of the molecule is O=C(O)N(C(=O)CCC#Cc1ccccn1)c1ccc(F)cc1F. The van der Waals surface area contributed by atoms with Crippen LogP contribution in [0.3, 0.4) is 0 Å². The first kappa shape index (κ1) is 17.1. The lowest BCUT2D eigenvalue weighted by Gasteiger charge is -2.17. The molecule has 1 aromatic heterocycles. The van der Waals surface area contributed by atoms with Crippen molar-refractivity contribution in [1.29, 1.82) is 0 Å². The monoisotopic (exact) mass is 330 g/mol. The number of rotatable bonds is 3. The van der Waals surface area contributed by atoms with Crippen molar-refractivity contribution < 1.29 is 23.5 Å². The molecule has 2 amide bonds. The average Bonchev–Trinajstić information content (AvgIpc) is 2.54. The second-order valence-corrected chi connectivity index (χ2v) is 4.62. The van der Waals surface area contributed by atoms with Crippen LogP contribution in [0.15, 0.2) is 42.6 Å². The van der Waals surface area contributed by atoms with Gasteiger partial charge in [0, 0.05) is 25.1 Å². The molecule has 1 N–H and O–H groups in total. The Hall–Kier alpha value is -3.27. The molecule has 0 radical (unpaired) electrons. The molecule has 122 valence electrons. The number of carboxylic acid groups (broad SMARTS) is 1. The minimum atomic E-state index is -1.65. The number of benzene rings is 1. The van der Waals surface area contributed by atoms with Crippen molar-refractivity contribution in [3.63, 3.8) is 0 Å². The Morgan fingerprint density at radius 2 is 2.00 bits per heavy atom. The molecule has 0 saturated carbocycles. The van der Waals surface area contributed by atoms with Gasteiger partial charge in [-0.05, 0) is 30.2 Å². The quantitative estimate of drug-likeness (QED) is 0.877. The number of carbonyl (C=O) groups is 2. The van der Waals surface area contributed by atoms with E-state index in [2.05, 4.69) is 16.8 Å². The fourth-order valence-electron chi connectivity index (χ4n) is 1.88. The van der Waals surface area contributed by atoms with E-state index in [9.17, 15) is 18.4 Å². The maximum Gasteiger partial charge on any atom is 0.418 e. The number of nitrogens with zero attached hydrogens (tertiary/aromatic N) is 2. The van der Waals surface area contributed by atoms with E-state index < -0.39 is 29.3 Å². The summed E-state index contributed by atoms with van der Waals surface area (Å²) in [6, 6.07) is 7.47. The number of hydrogen-bond donors (Lipinski definition) is 1. The van der Waals surface area contributed by atoms with Gasteiger partial charge in [-0.15, -0.1) is 0 Å². The Morgan fingerprint density at radius 1 is 1.21 bits per heavy atom. The van der Waals surface area contributed by atoms with E-state index in [4.69, 9.17) is 5.11 Å². The van der Waals surface area contributed by atoms with Gasteiger partial charge in [-0.25, -0.2) is 23.5 Å². The molecule has 0 bridgehead atoms. The highest BCUT2D eigenvalue weighted by Gasteiger charge is 2.25. The van der Waals surface area contributed by atoms with Gasteiger partial charge in [-0.1, -0.05) is 12.0 Å². The van der Waals surface area contributed by atoms with Crippen LogP contribution in [0.2, 0.25) is 0 Å². The Balaban J connectivity index is 2.08. The van der Waals surface area contributed by atoms with Crippen molar-refractivity contribution in [3.8, 4) is 11.8 Å². The molecular formula is C17H12F2N2O3. The van der Waals surface area contributed by atoms with E-state index in [-0.39, 0.29) is 17.7 Å². The Morgan fingerprint density at radius 3 is 2.62 bits per heavy atom. The molecule has 0 aliphatic carbocycles. The van der Waals surface area contributed by atoms with Crippen molar-refractivity contribution in [3.05, 3.63) is 59.9 Å². The van der Waals surface area contributed by atoms with Gasteiger partial charge in [-0.2, -0.15) is 0 Å². The highest BCUT2D eigenvalue weighted by Crippen LogP contribution is 2.21. The van der Waals surface area contributed by atoms with Gasteiger partial charge in [0.1, 0.15) is 17.3 Å². The fourth-order valence-corrected chi connectivity index (χ4v) is 1.88. The number of carbonyl (C=O) groups excluding carboxylic acids is 1. The van der Waals surface area contributed by atoms with Gasteiger partial charge in [0.05, 0.1) is 5.69 Å². The summed E-state index contributed by atoms with van der Waals surface area (Å²) in [5, 5.41) is 9.12. The van der Waals surface area contributed by atoms with Crippen LogP contribution in [0.1, 0.15) is 18.5 Å². The average molecular weight is 330 g/mol. The minimum absolute atomic E-state index is 0.0714. The van der Waals surface area contributed by atoms with Crippen molar-refractivity contribution in [1.82, 2.24) is 4.98 Å². The van der Waals surface area contributed by atoms with Crippen LogP contribution in [-0.2, 0) is 4.79 Å². The lowest BCUT2D eigenvalue weighted by atomic mass is 10.2. The Bertz CT molecular complexity index is 814. The third-order valence-corrected chi connectivity index (χ3v) is 2.94. The standard InChI is InChI=1S/C17H12F2N2O3/c18-12-8-9-15(14(19)11-12)21(17(23)24)16(22)7-2-1-5-13-6-3-4-10-20-13/h3-4,6,8-11H,2,7H2,(H,23,24). The predicted molar refractivity (Wildman–Crippen MR) is 82.2 cm³/mol. The molecule has 2 aromatic rings. The first-order chi connectivity index (χ1) is 11.5. The van der Waals surface area contributed by atoms with E-state index in [1.807, 2.05) is 0 Å². The first-order valence-electron chi connectivity index (χ1n) is 6.90.